The van der Waals surface area contributed by atoms with Gasteiger partial charge in [0.25, 0.3) is 5.56 Å². The number of hydrogen-bond donors (Lipinski definition) is 2. The molecule has 7 nitrogen and oxygen atoms in total. The molecule has 0 amide bonds. The lowest BCUT2D eigenvalue weighted by atomic mass is 10.2. The first-order valence-corrected chi connectivity index (χ1v) is 5.68. The van der Waals surface area contributed by atoms with Gasteiger partial charge in [-0.05, 0) is 6.92 Å². The summed E-state index contributed by atoms with van der Waals surface area (Å²) in [6.07, 6.45) is 0.624. The quantitative estimate of drug-likeness (QED) is 0.734. The molecule has 1 aliphatic heterocycles. The van der Waals surface area contributed by atoms with E-state index in [0.29, 0.717) is 12.0 Å². The van der Waals surface area contributed by atoms with Crippen LogP contribution in [0, 0.1) is 6.92 Å². The predicted octanol–water partition coefficient (Wildman–Crippen LogP) is -0.860. The highest BCUT2D eigenvalue weighted by Crippen LogP contribution is 2.29. The number of rotatable bonds is 3. The van der Waals surface area contributed by atoms with Crippen LogP contribution in [0.2, 0.25) is 0 Å². The smallest absolute Gasteiger partial charge is 0.330 e. The molecule has 0 aromatic carbocycles. The van der Waals surface area contributed by atoms with Crippen molar-refractivity contribution >= 4 is 0 Å². The highest BCUT2D eigenvalue weighted by Gasteiger charge is 2.36. The number of nitrogens with zero attached hydrogens (tertiary/aromatic N) is 1. The monoisotopic (exact) mass is 256 g/mol. The second-order valence-electron chi connectivity index (χ2n) is 4.32. The lowest BCUT2D eigenvalue weighted by molar-refractivity contribution is -0.0626. The molecule has 1 aliphatic rings. The fourth-order valence-corrected chi connectivity index (χ4v) is 2.07. The largest absolute Gasteiger partial charge is 0.394 e. The number of H-pyrrole nitrogens is 1. The Hall–Kier alpha value is -1.44. The average molecular weight is 256 g/mol. The summed E-state index contributed by atoms with van der Waals surface area (Å²) < 4.78 is 12.1. The molecule has 100 valence electrons. The number of aryl methyl sites for hydroxylation is 1. The van der Waals surface area contributed by atoms with E-state index < -0.39 is 17.5 Å². The highest BCUT2D eigenvalue weighted by molar-refractivity contribution is 5.02. The van der Waals surface area contributed by atoms with Crippen LogP contribution in [0.5, 0.6) is 0 Å². The van der Waals surface area contributed by atoms with E-state index in [2.05, 4.69) is 4.98 Å². The van der Waals surface area contributed by atoms with Gasteiger partial charge in [0.1, 0.15) is 6.10 Å². The maximum absolute atomic E-state index is 11.7. The Morgan fingerprint density at radius 1 is 1.61 bits per heavy atom. The van der Waals surface area contributed by atoms with Gasteiger partial charge in [0.15, 0.2) is 6.23 Å². The topological polar surface area (TPSA) is 93.5 Å². The number of aliphatic hydroxyl groups is 1. The summed E-state index contributed by atoms with van der Waals surface area (Å²) in [4.78, 5) is 25.3. The van der Waals surface area contributed by atoms with E-state index in [1.807, 2.05) is 0 Å². The Balaban J connectivity index is 2.39. The molecule has 1 saturated heterocycles. The Morgan fingerprint density at radius 2 is 2.33 bits per heavy atom. The van der Waals surface area contributed by atoms with E-state index in [1.54, 1.807) is 6.92 Å². The zero-order valence-electron chi connectivity index (χ0n) is 10.3. The summed E-state index contributed by atoms with van der Waals surface area (Å²) in [5.74, 6) is 0. The molecule has 0 aliphatic carbocycles. The molecule has 1 aromatic heterocycles. The SMILES string of the molecule is COC1C[C@@H](CO)O[C@H]1n1cc(C)c(=O)[nH]c1=O. The summed E-state index contributed by atoms with van der Waals surface area (Å²) in [6.45, 7) is 1.47. The zero-order chi connectivity index (χ0) is 13.3. The Labute approximate surface area is 103 Å². The second-order valence-corrected chi connectivity index (χ2v) is 4.32. The molecule has 0 bridgehead atoms. The van der Waals surface area contributed by atoms with E-state index in [1.165, 1.54) is 17.9 Å². The van der Waals surface area contributed by atoms with Crippen LogP contribution in [0.4, 0.5) is 0 Å². The summed E-state index contributed by atoms with van der Waals surface area (Å²) in [5, 5.41) is 9.09. The zero-order valence-corrected chi connectivity index (χ0v) is 10.3. The number of aromatic amines is 1. The summed E-state index contributed by atoms with van der Waals surface area (Å²) in [6, 6.07) is 0. The molecule has 2 N–H and O–H groups in total. The van der Waals surface area contributed by atoms with Crippen LogP contribution in [-0.4, -0.2) is 40.6 Å². The number of aromatic nitrogens is 2. The third kappa shape index (κ3) is 2.24. The van der Waals surface area contributed by atoms with Gasteiger partial charge >= 0.3 is 5.69 Å². The number of methoxy groups -OCH3 is 1. The van der Waals surface area contributed by atoms with Gasteiger partial charge in [0.05, 0.1) is 12.7 Å². The normalized spacial score (nSPS) is 27.6. The molecular formula is C11H16N2O5. The van der Waals surface area contributed by atoms with Crippen LogP contribution in [0.25, 0.3) is 0 Å². The predicted molar refractivity (Wildman–Crippen MR) is 62.5 cm³/mol. The molecule has 2 heterocycles. The van der Waals surface area contributed by atoms with Crippen LogP contribution in [-0.2, 0) is 9.47 Å². The summed E-state index contributed by atoms with van der Waals surface area (Å²) in [5.41, 5.74) is -0.543. The maximum atomic E-state index is 11.7. The van der Waals surface area contributed by atoms with E-state index in [4.69, 9.17) is 14.6 Å². The van der Waals surface area contributed by atoms with Crippen molar-refractivity contribution in [3.8, 4) is 0 Å². The third-order valence-electron chi connectivity index (χ3n) is 3.07. The molecule has 18 heavy (non-hydrogen) atoms. The standard InChI is InChI=1S/C11H16N2O5/c1-6-4-13(11(16)12-9(6)15)10-8(17-2)3-7(5-14)18-10/h4,7-8,10,14H,3,5H2,1-2H3,(H,12,15,16)/t7-,8?,10+/m0/s1. The molecule has 3 atom stereocenters. The fourth-order valence-electron chi connectivity index (χ4n) is 2.07. The highest BCUT2D eigenvalue weighted by atomic mass is 16.6. The van der Waals surface area contributed by atoms with Gasteiger partial charge in [-0.2, -0.15) is 0 Å². The van der Waals surface area contributed by atoms with Gasteiger partial charge in [-0.1, -0.05) is 0 Å². The number of hydrogen-bond acceptors (Lipinski definition) is 5. The van der Waals surface area contributed by atoms with Gasteiger partial charge < -0.3 is 14.6 Å². The van der Waals surface area contributed by atoms with Gasteiger partial charge in [-0.15, -0.1) is 0 Å². The number of aliphatic hydroxyl groups excluding tert-OH is 1. The fraction of sp³-hybridized carbons (Fsp3) is 0.636. The minimum absolute atomic E-state index is 0.132. The van der Waals surface area contributed by atoms with Crippen molar-refractivity contribution in [2.24, 2.45) is 0 Å². The Bertz CT molecular complexity index is 535. The summed E-state index contributed by atoms with van der Waals surface area (Å²) >= 11 is 0. The van der Waals surface area contributed by atoms with Crippen molar-refractivity contribution in [2.45, 2.75) is 31.8 Å². The van der Waals surface area contributed by atoms with Crippen molar-refractivity contribution in [1.29, 1.82) is 0 Å². The Kier molecular flexibility index (Phi) is 3.65. The van der Waals surface area contributed by atoms with Crippen LogP contribution >= 0.6 is 0 Å². The first-order chi connectivity index (χ1) is 8.56. The van der Waals surface area contributed by atoms with Crippen LogP contribution in [0.15, 0.2) is 15.8 Å². The van der Waals surface area contributed by atoms with E-state index in [-0.39, 0.29) is 18.8 Å². The van der Waals surface area contributed by atoms with Crippen molar-refractivity contribution in [3.05, 3.63) is 32.6 Å². The van der Waals surface area contributed by atoms with Crippen molar-refractivity contribution < 1.29 is 14.6 Å². The van der Waals surface area contributed by atoms with Crippen LogP contribution < -0.4 is 11.2 Å². The molecule has 2 rings (SSSR count). The first kappa shape index (κ1) is 13.0. The minimum Gasteiger partial charge on any atom is -0.394 e. The van der Waals surface area contributed by atoms with Gasteiger partial charge in [0, 0.05) is 25.3 Å². The van der Waals surface area contributed by atoms with Crippen molar-refractivity contribution in [2.75, 3.05) is 13.7 Å². The van der Waals surface area contributed by atoms with Gasteiger partial charge in [-0.3, -0.25) is 14.3 Å². The molecule has 1 fully saturated rings. The molecule has 0 radical (unpaired) electrons. The molecule has 7 heteroatoms. The second kappa shape index (κ2) is 5.05. The molecule has 1 aromatic rings. The minimum atomic E-state index is -0.629. The molecular weight excluding hydrogens is 240 g/mol. The molecule has 0 saturated carbocycles. The maximum Gasteiger partial charge on any atom is 0.330 e. The number of nitrogens with one attached hydrogen (secondary N) is 1. The average Bonchev–Trinajstić information content (AvgIpc) is 2.77. The van der Waals surface area contributed by atoms with Crippen LogP contribution in [0.3, 0.4) is 0 Å². The van der Waals surface area contributed by atoms with E-state index in [9.17, 15) is 9.59 Å². The van der Waals surface area contributed by atoms with Gasteiger partial charge in [-0.25, -0.2) is 4.79 Å². The van der Waals surface area contributed by atoms with Crippen LogP contribution in [0.1, 0.15) is 18.2 Å². The Morgan fingerprint density at radius 3 is 2.94 bits per heavy atom. The lowest BCUT2D eigenvalue weighted by Gasteiger charge is -2.19. The van der Waals surface area contributed by atoms with Gasteiger partial charge in [0.2, 0.25) is 0 Å². The van der Waals surface area contributed by atoms with E-state index >= 15 is 0 Å². The molecule has 0 spiro atoms. The van der Waals surface area contributed by atoms with Crippen molar-refractivity contribution in [3.63, 3.8) is 0 Å². The lowest BCUT2D eigenvalue weighted by Crippen LogP contribution is -2.36. The third-order valence-corrected chi connectivity index (χ3v) is 3.07. The van der Waals surface area contributed by atoms with E-state index in [0.717, 1.165) is 0 Å². The van der Waals surface area contributed by atoms with Crippen molar-refractivity contribution in [1.82, 2.24) is 9.55 Å². The molecule has 1 unspecified atom stereocenters. The summed E-state index contributed by atoms with van der Waals surface area (Å²) in [7, 11) is 1.52. The first-order valence-electron chi connectivity index (χ1n) is 5.68. The number of ether oxygens (including phenoxy) is 2.